The normalized spacial score (nSPS) is 12.9. The molecule has 0 aromatic heterocycles. The Hall–Kier alpha value is -0.320. The monoisotopic (exact) mass is 235 g/mol. The highest BCUT2D eigenvalue weighted by Crippen LogP contribution is 2.25. The van der Waals surface area contributed by atoms with Crippen LogP contribution >= 0.6 is 23.2 Å². The summed E-state index contributed by atoms with van der Waals surface area (Å²) in [5, 5.41) is 21.4. The summed E-state index contributed by atoms with van der Waals surface area (Å²) in [5.74, 6) is 0. The zero-order chi connectivity index (χ0) is 10.6. The fourth-order valence-corrected chi connectivity index (χ4v) is 1.71. The van der Waals surface area contributed by atoms with Crippen molar-refractivity contribution in [1.82, 2.24) is 5.32 Å². The minimum atomic E-state index is -0.371. The molecule has 0 heterocycles. The fraction of sp³-hybridized carbons (Fsp3) is 0.333. The highest BCUT2D eigenvalue weighted by molar-refractivity contribution is 6.35. The Morgan fingerprint density at radius 2 is 2.00 bits per heavy atom. The first-order chi connectivity index (χ1) is 6.69. The Labute approximate surface area is 92.3 Å². The van der Waals surface area contributed by atoms with Crippen LogP contribution in [-0.2, 0) is 0 Å². The average molecular weight is 236 g/mol. The van der Waals surface area contributed by atoms with Crippen LogP contribution in [-0.4, -0.2) is 23.6 Å². The number of halogens is 2. The summed E-state index contributed by atoms with van der Waals surface area (Å²) in [4.78, 5) is 0. The molecule has 0 saturated carbocycles. The average Bonchev–Trinajstić information content (AvgIpc) is 2.15. The molecular formula is C9H11Cl2NO2. The molecule has 1 atom stereocenters. The Bertz CT molecular complexity index is 307. The maximum atomic E-state index is 9.04. The summed E-state index contributed by atoms with van der Waals surface area (Å²) in [6.07, 6.45) is 0. The quantitative estimate of drug-likeness (QED) is 0.695. The largest absolute Gasteiger partial charge is 0.394 e. The number of hydrogen-bond acceptors (Lipinski definition) is 3. The lowest BCUT2D eigenvalue weighted by Gasteiger charge is -2.16. The Balaban J connectivity index is 2.92. The molecule has 0 aliphatic carbocycles. The van der Waals surface area contributed by atoms with Crippen LogP contribution in [0.4, 0.5) is 0 Å². The smallest absolute Gasteiger partial charge is 0.0937 e. The van der Waals surface area contributed by atoms with E-state index in [0.29, 0.717) is 15.6 Å². The van der Waals surface area contributed by atoms with Gasteiger partial charge in [0, 0.05) is 10.0 Å². The van der Waals surface area contributed by atoms with E-state index in [1.807, 2.05) is 0 Å². The maximum absolute atomic E-state index is 9.04. The summed E-state index contributed by atoms with van der Waals surface area (Å²) in [5.41, 5.74) is 0.715. The minimum absolute atomic E-state index is 0.137. The van der Waals surface area contributed by atoms with E-state index >= 15 is 0 Å². The Morgan fingerprint density at radius 3 is 2.50 bits per heavy atom. The molecule has 1 rings (SSSR count). The van der Waals surface area contributed by atoms with Gasteiger partial charge in [-0.2, -0.15) is 0 Å². The van der Waals surface area contributed by atoms with E-state index < -0.39 is 0 Å². The van der Waals surface area contributed by atoms with Gasteiger partial charge in [-0.15, -0.1) is 0 Å². The molecule has 0 radical (unpaired) electrons. The van der Waals surface area contributed by atoms with Crippen LogP contribution in [0.1, 0.15) is 11.6 Å². The minimum Gasteiger partial charge on any atom is -0.394 e. The number of rotatable bonds is 4. The van der Waals surface area contributed by atoms with Gasteiger partial charge in [0.15, 0.2) is 0 Å². The van der Waals surface area contributed by atoms with E-state index in [0.717, 1.165) is 0 Å². The number of aliphatic hydroxyl groups is 2. The summed E-state index contributed by atoms with van der Waals surface area (Å²) in [6, 6.07) is 4.63. The van der Waals surface area contributed by atoms with Crippen LogP contribution in [0.5, 0.6) is 0 Å². The molecule has 0 aliphatic heterocycles. The lowest BCUT2D eigenvalue weighted by molar-refractivity contribution is 0.190. The highest BCUT2D eigenvalue weighted by Gasteiger charge is 2.12. The first-order valence-corrected chi connectivity index (χ1v) is 4.84. The van der Waals surface area contributed by atoms with Crippen molar-refractivity contribution in [3.8, 4) is 0 Å². The van der Waals surface area contributed by atoms with E-state index in [1.54, 1.807) is 18.2 Å². The topological polar surface area (TPSA) is 52.5 Å². The Morgan fingerprint density at radius 1 is 1.29 bits per heavy atom. The SMILES string of the molecule is OCNC(CO)c1ccc(Cl)cc1Cl. The van der Waals surface area contributed by atoms with Crippen molar-refractivity contribution >= 4 is 23.2 Å². The van der Waals surface area contributed by atoms with Crippen LogP contribution in [0.2, 0.25) is 10.0 Å². The summed E-state index contributed by atoms with van der Waals surface area (Å²) in [7, 11) is 0. The van der Waals surface area contributed by atoms with Gasteiger partial charge in [-0.25, -0.2) is 0 Å². The van der Waals surface area contributed by atoms with Crippen LogP contribution in [0.15, 0.2) is 18.2 Å². The van der Waals surface area contributed by atoms with Gasteiger partial charge >= 0.3 is 0 Å². The zero-order valence-corrected chi connectivity index (χ0v) is 8.89. The predicted octanol–water partition coefficient (Wildman–Crippen LogP) is 1.57. The molecule has 0 fully saturated rings. The Kier molecular flexibility index (Phi) is 4.65. The molecule has 5 heteroatoms. The van der Waals surface area contributed by atoms with Gasteiger partial charge in [-0.3, -0.25) is 5.32 Å². The molecule has 0 aliphatic rings. The van der Waals surface area contributed by atoms with Crippen molar-refractivity contribution in [2.75, 3.05) is 13.3 Å². The molecule has 1 aromatic rings. The van der Waals surface area contributed by atoms with Crippen molar-refractivity contribution in [1.29, 1.82) is 0 Å². The van der Waals surface area contributed by atoms with Crippen LogP contribution < -0.4 is 5.32 Å². The predicted molar refractivity (Wildman–Crippen MR) is 56.5 cm³/mol. The molecule has 0 saturated heterocycles. The van der Waals surface area contributed by atoms with E-state index in [9.17, 15) is 0 Å². The van der Waals surface area contributed by atoms with Gasteiger partial charge in [-0.1, -0.05) is 29.3 Å². The van der Waals surface area contributed by atoms with Crippen molar-refractivity contribution in [3.63, 3.8) is 0 Å². The van der Waals surface area contributed by atoms with E-state index in [1.165, 1.54) is 0 Å². The molecular weight excluding hydrogens is 225 g/mol. The van der Waals surface area contributed by atoms with Gasteiger partial charge in [0.1, 0.15) is 0 Å². The standard InChI is InChI=1S/C9H11Cl2NO2/c10-6-1-2-7(8(11)3-6)9(4-13)12-5-14/h1-3,9,12-14H,4-5H2. The second-order valence-corrected chi connectivity index (χ2v) is 3.61. The number of hydrogen-bond donors (Lipinski definition) is 3. The molecule has 3 nitrogen and oxygen atoms in total. The summed E-state index contributed by atoms with van der Waals surface area (Å²) < 4.78 is 0. The highest BCUT2D eigenvalue weighted by atomic mass is 35.5. The van der Waals surface area contributed by atoms with E-state index in [-0.39, 0.29) is 19.4 Å². The maximum Gasteiger partial charge on any atom is 0.0937 e. The molecule has 0 bridgehead atoms. The molecule has 3 N–H and O–H groups in total. The van der Waals surface area contributed by atoms with E-state index in [4.69, 9.17) is 33.4 Å². The second kappa shape index (κ2) is 5.53. The first-order valence-electron chi connectivity index (χ1n) is 4.09. The number of benzene rings is 1. The van der Waals surface area contributed by atoms with Crippen molar-refractivity contribution in [3.05, 3.63) is 33.8 Å². The van der Waals surface area contributed by atoms with Crippen LogP contribution in [0.3, 0.4) is 0 Å². The van der Waals surface area contributed by atoms with Crippen molar-refractivity contribution in [2.45, 2.75) is 6.04 Å². The van der Waals surface area contributed by atoms with Crippen molar-refractivity contribution in [2.24, 2.45) is 0 Å². The second-order valence-electron chi connectivity index (χ2n) is 2.76. The first kappa shape index (κ1) is 11.8. The van der Waals surface area contributed by atoms with Gasteiger partial charge in [0.2, 0.25) is 0 Å². The van der Waals surface area contributed by atoms with Crippen LogP contribution in [0.25, 0.3) is 0 Å². The third-order valence-corrected chi connectivity index (χ3v) is 2.42. The van der Waals surface area contributed by atoms with Crippen molar-refractivity contribution < 1.29 is 10.2 Å². The van der Waals surface area contributed by atoms with Gasteiger partial charge in [0.25, 0.3) is 0 Å². The summed E-state index contributed by atoms with van der Waals surface area (Å²) >= 11 is 11.6. The number of nitrogens with one attached hydrogen (secondary N) is 1. The molecule has 1 aromatic carbocycles. The zero-order valence-electron chi connectivity index (χ0n) is 7.37. The van der Waals surface area contributed by atoms with E-state index in [2.05, 4.69) is 5.32 Å². The molecule has 0 amide bonds. The third kappa shape index (κ3) is 2.83. The summed E-state index contributed by atoms with van der Waals surface area (Å²) in [6.45, 7) is -0.355. The molecule has 1 unspecified atom stereocenters. The number of aliphatic hydroxyl groups excluding tert-OH is 2. The van der Waals surface area contributed by atoms with Gasteiger partial charge < -0.3 is 10.2 Å². The molecule has 0 spiro atoms. The van der Waals surface area contributed by atoms with Gasteiger partial charge in [0.05, 0.1) is 19.4 Å². The lowest BCUT2D eigenvalue weighted by atomic mass is 10.1. The molecule has 78 valence electrons. The molecule has 14 heavy (non-hydrogen) atoms. The third-order valence-electron chi connectivity index (χ3n) is 1.86. The van der Waals surface area contributed by atoms with Gasteiger partial charge in [-0.05, 0) is 17.7 Å². The van der Waals surface area contributed by atoms with Crippen LogP contribution in [0, 0.1) is 0 Å². The lowest BCUT2D eigenvalue weighted by Crippen LogP contribution is -2.25. The fourth-order valence-electron chi connectivity index (χ4n) is 1.17.